The Morgan fingerprint density at radius 2 is 1.81 bits per heavy atom. The van der Waals surface area contributed by atoms with Gasteiger partial charge in [0.15, 0.2) is 0 Å². The Balaban J connectivity index is 1.59. The Kier molecular flexibility index (Phi) is 6.56. The van der Waals surface area contributed by atoms with Gasteiger partial charge in [0, 0.05) is 10.9 Å². The van der Waals surface area contributed by atoms with Crippen molar-refractivity contribution in [3.63, 3.8) is 0 Å². The van der Waals surface area contributed by atoms with E-state index in [-0.39, 0.29) is 11.9 Å². The van der Waals surface area contributed by atoms with E-state index in [9.17, 15) is 9.59 Å². The van der Waals surface area contributed by atoms with Gasteiger partial charge in [0.1, 0.15) is 5.25 Å². The van der Waals surface area contributed by atoms with Crippen LogP contribution in [0.5, 0.6) is 0 Å². The molecule has 3 unspecified atom stereocenters. The maximum Gasteiger partial charge on any atom is 0.316 e. The summed E-state index contributed by atoms with van der Waals surface area (Å²) in [4.78, 5) is 24.6. The molecular formula is C22H25NO3S. The summed E-state index contributed by atoms with van der Waals surface area (Å²) in [7, 11) is 0. The lowest BCUT2D eigenvalue weighted by atomic mass is 9.98. The smallest absolute Gasteiger partial charge is 0.316 e. The average Bonchev–Trinajstić information content (AvgIpc) is 3.09. The van der Waals surface area contributed by atoms with Crippen LogP contribution < -0.4 is 5.32 Å². The van der Waals surface area contributed by atoms with Gasteiger partial charge in [-0.1, -0.05) is 42.5 Å². The molecule has 2 aromatic rings. The summed E-state index contributed by atoms with van der Waals surface area (Å²) < 4.78 is 0. The summed E-state index contributed by atoms with van der Waals surface area (Å²) in [5.74, 6) is -0.398. The van der Waals surface area contributed by atoms with Crippen molar-refractivity contribution in [2.45, 2.75) is 48.8 Å². The fraction of sp³-hybridized carbons (Fsp3) is 0.364. The number of rotatable bonds is 7. The summed E-state index contributed by atoms with van der Waals surface area (Å²) in [6.45, 7) is 1.63. The number of aliphatic carboxylic acids is 1. The Labute approximate surface area is 164 Å². The molecule has 1 aliphatic rings. The van der Waals surface area contributed by atoms with E-state index in [0.29, 0.717) is 16.4 Å². The highest BCUT2D eigenvalue weighted by molar-refractivity contribution is 8.00. The zero-order chi connectivity index (χ0) is 19.2. The molecule has 1 amide bonds. The number of carbonyl (C=O) groups is 2. The molecule has 2 aromatic carbocycles. The van der Waals surface area contributed by atoms with Gasteiger partial charge in [0.2, 0.25) is 0 Å². The minimum Gasteiger partial charge on any atom is -0.480 e. The van der Waals surface area contributed by atoms with Crippen LogP contribution in [0, 0.1) is 5.92 Å². The van der Waals surface area contributed by atoms with Gasteiger partial charge in [-0.25, -0.2) is 0 Å². The van der Waals surface area contributed by atoms with Gasteiger partial charge < -0.3 is 10.4 Å². The predicted octanol–water partition coefficient (Wildman–Crippen LogP) is 4.39. The molecular weight excluding hydrogens is 358 g/mol. The van der Waals surface area contributed by atoms with Crippen molar-refractivity contribution in [1.29, 1.82) is 0 Å². The van der Waals surface area contributed by atoms with E-state index in [1.54, 1.807) is 13.0 Å². The first-order valence-electron chi connectivity index (χ1n) is 9.36. The number of thioether (sulfide) groups is 1. The van der Waals surface area contributed by atoms with Gasteiger partial charge in [-0.2, -0.15) is 0 Å². The van der Waals surface area contributed by atoms with Crippen molar-refractivity contribution in [3.05, 3.63) is 65.7 Å². The first-order valence-corrected chi connectivity index (χ1v) is 10.2. The molecule has 0 radical (unpaired) electrons. The molecule has 2 N–H and O–H groups in total. The van der Waals surface area contributed by atoms with Gasteiger partial charge in [0.25, 0.3) is 5.91 Å². The molecule has 0 saturated heterocycles. The zero-order valence-electron chi connectivity index (χ0n) is 15.4. The van der Waals surface area contributed by atoms with Gasteiger partial charge >= 0.3 is 5.97 Å². The first-order chi connectivity index (χ1) is 13.0. The van der Waals surface area contributed by atoms with Crippen LogP contribution in [0.3, 0.4) is 0 Å². The van der Waals surface area contributed by atoms with E-state index < -0.39 is 11.2 Å². The van der Waals surface area contributed by atoms with Crippen LogP contribution in [0.25, 0.3) is 0 Å². The van der Waals surface area contributed by atoms with E-state index >= 15 is 0 Å². The Bertz CT molecular complexity index is 793. The third-order valence-electron chi connectivity index (χ3n) is 5.03. The molecule has 1 aliphatic carbocycles. The van der Waals surface area contributed by atoms with Crippen LogP contribution in [0.15, 0.2) is 59.5 Å². The van der Waals surface area contributed by atoms with Crippen molar-refractivity contribution in [3.8, 4) is 0 Å². The zero-order valence-corrected chi connectivity index (χ0v) is 16.2. The third-order valence-corrected chi connectivity index (χ3v) is 6.19. The van der Waals surface area contributed by atoms with E-state index in [0.717, 1.165) is 25.7 Å². The van der Waals surface area contributed by atoms with E-state index in [1.165, 1.54) is 17.3 Å². The van der Waals surface area contributed by atoms with Crippen molar-refractivity contribution < 1.29 is 14.7 Å². The largest absolute Gasteiger partial charge is 0.480 e. The monoisotopic (exact) mass is 383 g/mol. The van der Waals surface area contributed by atoms with Crippen LogP contribution in [-0.2, 0) is 11.2 Å². The molecule has 1 fully saturated rings. The van der Waals surface area contributed by atoms with Crippen molar-refractivity contribution in [2.75, 3.05) is 0 Å². The van der Waals surface area contributed by atoms with Crippen molar-refractivity contribution in [1.82, 2.24) is 5.32 Å². The quantitative estimate of drug-likeness (QED) is 0.696. The third kappa shape index (κ3) is 5.36. The number of benzene rings is 2. The summed E-state index contributed by atoms with van der Waals surface area (Å²) in [6.07, 6.45) is 4.15. The highest BCUT2D eigenvalue weighted by Gasteiger charge is 2.27. The molecule has 142 valence electrons. The van der Waals surface area contributed by atoms with Gasteiger partial charge in [-0.3, -0.25) is 9.59 Å². The number of amides is 1. The lowest BCUT2D eigenvalue weighted by Gasteiger charge is -2.16. The van der Waals surface area contributed by atoms with Crippen LogP contribution in [0.4, 0.5) is 0 Å². The van der Waals surface area contributed by atoms with E-state index in [1.807, 2.05) is 24.3 Å². The fourth-order valence-corrected chi connectivity index (χ4v) is 4.53. The molecule has 5 heteroatoms. The summed E-state index contributed by atoms with van der Waals surface area (Å²) >= 11 is 1.21. The highest BCUT2D eigenvalue weighted by Crippen LogP contribution is 2.30. The van der Waals surface area contributed by atoms with Crippen LogP contribution >= 0.6 is 11.8 Å². The van der Waals surface area contributed by atoms with E-state index in [4.69, 9.17) is 5.11 Å². The summed E-state index contributed by atoms with van der Waals surface area (Å²) in [6, 6.07) is 17.9. The molecule has 0 aromatic heterocycles. The first kappa shape index (κ1) is 19.5. The maximum atomic E-state index is 12.8. The van der Waals surface area contributed by atoms with Gasteiger partial charge in [-0.15, -0.1) is 11.8 Å². The van der Waals surface area contributed by atoms with E-state index in [2.05, 4.69) is 29.6 Å². The Morgan fingerprint density at radius 3 is 2.56 bits per heavy atom. The minimum atomic E-state index is -0.880. The van der Waals surface area contributed by atoms with Crippen molar-refractivity contribution >= 4 is 23.6 Å². The molecule has 0 heterocycles. The average molecular weight is 384 g/mol. The summed E-state index contributed by atoms with van der Waals surface area (Å²) in [5.41, 5.74) is 1.90. The number of carboxylic acids is 1. The summed E-state index contributed by atoms with van der Waals surface area (Å²) in [5, 5.41) is 11.7. The number of carboxylic acid groups (broad SMARTS) is 1. The predicted molar refractivity (Wildman–Crippen MR) is 108 cm³/mol. The highest BCUT2D eigenvalue weighted by atomic mass is 32.2. The Morgan fingerprint density at radius 1 is 1.11 bits per heavy atom. The minimum absolute atomic E-state index is 0.110. The lowest BCUT2D eigenvalue weighted by molar-refractivity contribution is -0.136. The maximum absolute atomic E-state index is 12.8. The van der Waals surface area contributed by atoms with Crippen molar-refractivity contribution in [2.24, 2.45) is 5.92 Å². The molecule has 0 bridgehead atoms. The molecule has 1 saturated carbocycles. The second kappa shape index (κ2) is 9.09. The number of carbonyl (C=O) groups excluding carboxylic acids is 1. The molecule has 3 rings (SSSR count). The lowest BCUT2D eigenvalue weighted by Crippen LogP contribution is -2.33. The number of hydrogen-bond acceptors (Lipinski definition) is 3. The SMILES string of the molecule is CC(Sc1ccccc1C(=O)NC1CCC(Cc2ccccc2)C1)C(=O)O. The molecule has 0 aliphatic heterocycles. The van der Waals surface area contributed by atoms with Crippen LogP contribution in [-0.4, -0.2) is 28.3 Å². The van der Waals surface area contributed by atoms with Gasteiger partial charge in [0.05, 0.1) is 5.56 Å². The standard InChI is InChI=1S/C22H25NO3S/c1-15(22(25)26)27-20-10-6-5-9-19(20)21(24)23-18-12-11-17(14-18)13-16-7-3-2-4-8-16/h2-10,15,17-18H,11-14H2,1H3,(H,23,24)(H,25,26). The molecule has 3 atom stereocenters. The number of nitrogens with one attached hydrogen (secondary N) is 1. The Hall–Kier alpha value is -2.27. The second-order valence-corrected chi connectivity index (χ2v) is 8.52. The normalized spacial score (nSPS) is 20.2. The fourth-order valence-electron chi connectivity index (χ4n) is 3.60. The van der Waals surface area contributed by atoms with Crippen LogP contribution in [0.1, 0.15) is 42.1 Å². The second-order valence-electron chi connectivity index (χ2n) is 7.13. The molecule has 0 spiro atoms. The topological polar surface area (TPSA) is 66.4 Å². The molecule has 27 heavy (non-hydrogen) atoms. The van der Waals surface area contributed by atoms with Gasteiger partial charge in [-0.05, 0) is 56.2 Å². The van der Waals surface area contributed by atoms with Crippen LogP contribution in [0.2, 0.25) is 0 Å². The molecule has 4 nitrogen and oxygen atoms in total. The number of hydrogen-bond donors (Lipinski definition) is 2.